The third kappa shape index (κ3) is 4.64. The molecule has 0 radical (unpaired) electrons. The minimum absolute atomic E-state index is 0.187. The summed E-state index contributed by atoms with van der Waals surface area (Å²) in [5.41, 5.74) is 1.91. The van der Waals surface area contributed by atoms with E-state index in [0.29, 0.717) is 48.5 Å². The van der Waals surface area contributed by atoms with Crippen LogP contribution < -0.4 is 5.32 Å². The number of nitrogens with one attached hydrogen (secondary N) is 2. The van der Waals surface area contributed by atoms with Crippen molar-refractivity contribution in [1.82, 2.24) is 25.0 Å². The van der Waals surface area contributed by atoms with Gasteiger partial charge in [0.2, 0.25) is 0 Å². The topological polar surface area (TPSA) is 120 Å². The van der Waals surface area contributed by atoms with Crippen LogP contribution in [0.3, 0.4) is 0 Å². The Labute approximate surface area is 175 Å². The van der Waals surface area contributed by atoms with Gasteiger partial charge >= 0.3 is 0 Å². The normalized spacial score (nSPS) is 11.1. The summed E-state index contributed by atoms with van der Waals surface area (Å²) >= 11 is 1.44. The molecule has 0 unspecified atom stereocenters. The van der Waals surface area contributed by atoms with Gasteiger partial charge in [0.05, 0.1) is 43.8 Å². The van der Waals surface area contributed by atoms with Crippen LogP contribution in [0.15, 0.2) is 46.7 Å². The number of nitrogens with zero attached hydrogens (tertiary/aromatic N) is 4. The second-order valence-electron chi connectivity index (χ2n) is 6.20. The van der Waals surface area contributed by atoms with E-state index in [-0.39, 0.29) is 11.7 Å². The van der Waals surface area contributed by atoms with Crippen LogP contribution in [0.2, 0.25) is 0 Å². The van der Waals surface area contributed by atoms with Crippen LogP contribution >= 0.6 is 11.3 Å². The van der Waals surface area contributed by atoms with E-state index in [1.54, 1.807) is 48.7 Å². The predicted molar refractivity (Wildman–Crippen MR) is 110 cm³/mol. The van der Waals surface area contributed by atoms with Crippen molar-refractivity contribution in [3.63, 3.8) is 0 Å². The number of thiazole rings is 1. The number of anilines is 1. The lowest BCUT2D eigenvalue weighted by Gasteiger charge is -2.03. The molecule has 0 saturated heterocycles. The molecule has 10 nitrogen and oxygen atoms in total. The van der Waals surface area contributed by atoms with Gasteiger partial charge in [-0.3, -0.25) is 14.6 Å². The number of aromatic amines is 1. The molecular formula is C19H20N6O4S. The minimum Gasteiger partial charge on any atom is -0.451 e. The van der Waals surface area contributed by atoms with Crippen LogP contribution in [-0.2, 0) is 16.0 Å². The van der Waals surface area contributed by atoms with Crippen LogP contribution in [0.1, 0.15) is 10.6 Å². The van der Waals surface area contributed by atoms with Gasteiger partial charge in [-0.1, -0.05) is 0 Å². The Morgan fingerprint density at radius 2 is 2.27 bits per heavy atom. The van der Waals surface area contributed by atoms with Crippen LogP contribution in [0.4, 0.5) is 5.69 Å². The maximum absolute atomic E-state index is 12.7. The quantitative estimate of drug-likeness (QED) is 0.373. The number of rotatable bonds is 10. The molecule has 0 aliphatic carbocycles. The van der Waals surface area contributed by atoms with Gasteiger partial charge in [0.25, 0.3) is 5.91 Å². The van der Waals surface area contributed by atoms with Crippen molar-refractivity contribution in [2.24, 2.45) is 0 Å². The maximum atomic E-state index is 12.7. The molecule has 4 aromatic heterocycles. The first-order valence-electron chi connectivity index (χ1n) is 9.19. The van der Waals surface area contributed by atoms with Crippen molar-refractivity contribution in [1.29, 1.82) is 0 Å². The Hall–Kier alpha value is -3.28. The zero-order valence-corrected chi connectivity index (χ0v) is 17.0. The van der Waals surface area contributed by atoms with Crippen LogP contribution in [0.5, 0.6) is 0 Å². The van der Waals surface area contributed by atoms with Crippen LogP contribution in [0, 0.1) is 0 Å². The summed E-state index contributed by atoms with van der Waals surface area (Å²) in [5.74, 6) is 0.364. The number of H-pyrrole nitrogens is 1. The van der Waals surface area contributed by atoms with E-state index in [2.05, 4.69) is 25.6 Å². The molecule has 4 rings (SSSR count). The Bertz CT molecular complexity index is 1070. The van der Waals surface area contributed by atoms with Gasteiger partial charge < -0.3 is 19.2 Å². The van der Waals surface area contributed by atoms with Crippen molar-refractivity contribution in [2.75, 3.05) is 32.2 Å². The lowest BCUT2D eigenvalue weighted by atomic mass is 10.3. The fourth-order valence-corrected chi connectivity index (χ4v) is 3.35. The minimum atomic E-state index is -0.376. The Morgan fingerprint density at radius 3 is 3.03 bits per heavy atom. The fraction of sp³-hybridized carbons (Fsp3) is 0.263. The third-order valence-electron chi connectivity index (χ3n) is 4.15. The highest BCUT2D eigenvalue weighted by atomic mass is 32.1. The van der Waals surface area contributed by atoms with Crippen molar-refractivity contribution in [3.8, 4) is 22.0 Å². The molecule has 4 aromatic rings. The van der Waals surface area contributed by atoms with Gasteiger partial charge in [0.15, 0.2) is 5.76 Å². The number of carbonyl (C=O) groups excluding carboxylic acids is 1. The highest BCUT2D eigenvalue weighted by Gasteiger charge is 2.19. The number of hydrogen-bond acceptors (Lipinski definition) is 8. The number of aromatic nitrogens is 5. The van der Waals surface area contributed by atoms with Gasteiger partial charge in [0, 0.05) is 31.1 Å². The first-order chi connectivity index (χ1) is 14.7. The van der Waals surface area contributed by atoms with Crippen LogP contribution in [-0.4, -0.2) is 57.8 Å². The van der Waals surface area contributed by atoms with Gasteiger partial charge in [-0.25, -0.2) is 4.98 Å². The number of hydrogen-bond donors (Lipinski definition) is 2. The monoisotopic (exact) mass is 428 g/mol. The number of ether oxygens (including phenoxy) is 2. The molecule has 0 aliphatic heterocycles. The molecule has 1 amide bonds. The first kappa shape index (κ1) is 20.0. The average Bonchev–Trinajstić information content (AvgIpc) is 3.54. The Balaban J connectivity index is 1.48. The summed E-state index contributed by atoms with van der Waals surface area (Å²) in [6.07, 6.45) is 6.77. The van der Waals surface area contributed by atoms with E-state index in [1.165, 1.54) is 11.3 Å². The van der Waals surface area contributed by atoms with E-state index < -0.39 is 0 Å². The molecule has 30 heavy (non-hydrogen) atoms. The molecule has 4 heterocycles. The van der Waals surface area contributed by atoms with Crippen molar-refractivity contribution in [3.05, 3.63) is 48.1 Å². The summed E-state index contributed by atoms with van der Waals surface area (Å²) in [4.78, 5) is 17.0. The maximum Gasteiger partial charge on any atom is 0.291 e. The molecule has 0 atom stereocenters. The molecule has 0 saturated carbocycles. The Morgan fingerprint density at radius 1 is 1.33 bits per heavy atom. The van der Waals surface area contributed by atoms with E-state index in [4.69, 9.17) is 13.9 Å². The first-order valence-corrected chi connectivity index (χ1v) is 10.1. The van der Waals surface area contributed by atoms with Gasteiger partial charge in [-0.05, 0) is 12.1 Å². The smallest absolute Gasteiger partial charge is 0.291 e. The molecule has 156 valence electrons. The van der Waals surface area contributed by atoms with Crippen molar-refractivity contribution >= 4 is 22.9 Å². The zero-order chi connectivity index (χ0) is 20.8. The largest absolute Gasteiger partial charge is 0.451 e. The predicted octanol–water partition coefficient (Wildman–Crippen LogP) is 2.91. The van der Waals surface area contributed by atoms with E-state index in [9.17, 15) is 4.79 Å². The molecule has 0 bridgehead atoms. The SMILES string of the molecule is COCCOCCn1cc(NC(=O)c2ccc(-c3cn[nH]c3)o2)c(-c2nccs2)n1. The van der Waals surface area contributed by atoms with E-state index >= 15 is 0 Å². The van der Waals surface area contributed by atoms with Gasteiger partial charge in [0.1, 0.15) is 16.5 Å². The van der Waals surface area contributed by atoms with Crippen LogP contribution in [0.25, 0.3) is 22.0 Å². The Kier molecular flexibility index (Phi) is 6.32. The molecule has 0 aliphatic rings. The third-order valence-corrected chi connectivity index (χ3v) is 4.93. The number of carbonyl (C=O) groups is 1. The second-order valence-corrected chi connectivity index (χ2v) is 7.10. The summed E-state index contributed by atoms with van der Waals surface area (Å²) in [7, 11) is 1.63. The molecule has 2 N–H and O–H groups in total. The van der Waals surface area contributed by atoms with Gasteiger partial charge in [-0.15, -0.1) is 11.3 Å². The average molecular weight is 428 g/mol. The summed E-state index contributed by atoms with van der Waals surface area (Å²) < 4.78 is 17.8. The van der Waals surface area contributed by atoms with Crippen molar-refractivity contribution in [2.45, 2.75) is 6.54 Å². The number of furan rings is 1. The molecule has 11 heteroatoms. The second kappa shape index (κ2) is 9.48. The van der Waals surface area contributed by atoms with E-state index in [1.807, 2.05) is 5.38 Å². The molecular weight excluding hydrogens is 408 g/mol. The lowest BCUT2D eigenvalue weighted by Crippen LogP contribution is -2.11. The summed E-state index contributed by atoms with van der Waals surface area (Å²) in [6, 6.07) is 3.34. The highest BCUT2D eigenvalue weighted by molar-refractivity contribution is 7.13. The van der Waals surface area contributed by atoms with E-state index in [0.717, 1.165) is 5.56 Å². The zero-order valence-electron chi connectivity index (χ0n) is 16.2. The highest BCUT2D eigenvalue weighted by Crippen LogP contribution is 2.29. The number of methoxy groups -OCH3 is 1. The molecule has 0 aromatic carbocycles. The van der Waals surface area contributed by atoms with Crippen molar-refractivity contribution < 1.29 is 18.7 Å². The molecule has 0 spiro atoms. The standard InChI is InChI=1S/C19H20N6O4S/c1-27-7-8-28-6-5-25-12-14(17(24-25)19-20-4-9-30-19)23-18(26)16-3-2-15(29-16)13-10-21-22-11-13/h2-4,9-12H,5-8H2,1H3,(H,21,22)(H,23,26). The molecule has 0 fully saturated rings. The number of amides is 1. The van der Waals surface area contributed by atoms with Gasteiger partial charge in [-0.2, -0.15) is 10.2 Å². The fourth-order valence-electron chi connectivity index (χ4n) is 2.71. The lowest BCUT2D eigenvalue weighted by molar-refractivity contribution is 0.0654. The summed E-state index contributed by atoms with van der Waals surface area (Å²) in [5, 5.41) is 16.6. The summed E-state index contributed by atoms with van der Waals surface area (Å²) in [6.45, 7) is 2.05.